The maximum absolute atomic E-state index is 13.3. The van der Waals surface area contributed by atoms with Crippen LogP contribution in [0.25, 0.3) is 5.57 Å². The van der Waals surface area contributed by atoms with Crippen molar-refractivity contribution in [3.8, 4) is 0 Å². The Morgan fingerprint density at radius 1 is 1.33 bits per heavy atom. The van der Waals surface area contributed by atoms with E-state index in [1.165, 1.54) is 12.1 Å². The van der Waals surface area contributed by atoms with E-state index in [1.807, 2.05) is 20.9 Å². The van der Waals surface area contributed by atoms with Gasteiger partial charge >= 0.3 is 6.18 Å². The highest BCUT2D eigenvalue weighted by Crippen LogP contribution is 2.34. The SMILES string of the molecule is CCC1=C(c2c(C)cnn2C)CC(=S)C(C(=O)N[C@H](CN)Cc2ccccc2C(F)(F)F)=C1. The van der Waals surface area contributed by atoms with Crippen molar-refractivity contribution < 1.29 is 18.0 Å². The van der Waals surface area contributed by atoms with E-state index in [9.17, 15) is 18.0 Å². The number of halogens is 3. The van der Waals surface area contributed by atoms with Gasteiger partial charge in [-0.3, -0.25) is 9.48 Å². The zero-order valence-electron chi connectivity index (χ0n) is 18.8. The van der Waals surface area contributed by atoms with Gasteiger partial charge in [0.15, 0.2) is 0 Å². The van der Waals surface area contributed by atoms with Crippen LogP contribution in [-0.2, 0) is 24.4 Å². The lowest BCUT2D eigenvalue weighted by Crippen LogP contribution is -2.43. The zero-order valence-corrected chi connectivity index (χ0v) is 19.6. The van der Waals surface area contributed by atoms with Crippen LogP contribution in [0.2, 0.25) is 0 Å². The molecule has 2 aromatic rings. The molecule has 33 heavy (non-hydrogen) atoms. The summed E-state index contributed by atoms with van der Waals surface area (Å²) < 4.78 is 41.8. The number of thiocarbonyl (C=S) groups is 1. The third-order valence-electron chi connectivity index (χ3n) is 5.79. The van der Waals surface area contributed by atoms with Gasteiger partial charge in [0.2, 0.25) is 0 Å². The molecule has 0 fully saturated rings. The van der Waals surface area contributed by atoms with Crippen LogP contribution in [0.1, 0.15) is 42.1 Å². The number of benzene rings is 1. The summed E-state index contributed by atoms with van der Waals surface area (Å²) in [6, 6.07) is 4.65. The number of rotatable bonds is 7. The van der Waals surface area contributed by atoms with Crippen molar-refractivity contribution in [2.24, 2.45) is 12.8 Å². The van der Waals surface area contributed by atoms with Crippen LogP contribution in [0.3, 0.4) is 0 Å². The molecule has 1 aliphatic rings. The number of aromatic nitrogens is 2. The minimum atomic E-state index is -4.48. The van der Waals surface area contributed by atoms with E-state index in [4.69, 9.17) is 18.0 Å². The molecule has 0 bridgehead atoms. The minimum Gasteiger partial charge on any atom is -0.348 e. The van der Waals surface area contributed by atoms with Crippen LogP contribution in [0.4, 0.5) is 13.2 Å². The Kier molecular flexibility index (Phi) is 7.54. The monoisotopic (exact) mass is 476 g/mol. The number of hydrogen-bond acceptors (Lipinski definition) is 4. The molecule has 176 valence electrons. The molecule has 1 aliphatic carbocycles. The van der Waals surface area contributed by atoms with E-state index < -0.39 is 23.7 Å². The molecule has 0 unspecified atom stereocenters. The van der Waals surface area contributed by atoms with Gasteiger partial charge in [-0.25, -0.2) is 0 Å². The summed E-state index contributed by atoms with van der Waals surface area (Å²) >= 11 is 5.56. The van der Waals surface area contributed by atoms with Gasteiger partial charge in [-0.15, -0.1) is 0 Å². The predicted octanol–water partition coefficient (Wildman–Crippen LogP) is 4.30. The fourth-order valence-electron chi connectivity index (χ4n) is 4.13. The molecule has 1 atom stereocenters. The van der Waals surface area contributed by atoms with E-state index in [1.54, 1.807) is 23.0 Å². The molecular formula is C24H27F3N4OS. The number of amides is 1. The third-order valence-corrected chi connectivity index (χ3v) is 6.15. The summed E-state index contributed by atoms with van der Waals surface area (Å²) in [5.74, 6) is -0.424. The molecular weight excluding hydrogens is 449 g/mol. The molecule has 1 heterocycles. The number of carbonyl (C=O) groups is 1. The van der Waals surface area contributed by atoms with Gasteiger partial charge in [0, 0.05) is 30.9 Å². The number of aryl methyl sites for hydroxylation is 2. The maximum Gasteiger partial charge on any atom is 0.416 e. The summed E-state index contributed by atoms with van der Waals surface area (Å²) in [7, 11) is 1.86. The van der Waals surface area contributed by atoms with Crippen LogP contribution >= 0.6 is 12.2 Å². The molecule has 0 saturated heterocycles. The topological polar surface area (TPSA) is 72.9 Å². The Morgan fingerprint density at radius 2 is 2.03 bits per heavy atom. The van der Waals surface area contributed by atoms with Gasteiger partial charge in [-0.2, -0.15) is 18.3 Å². The lowest BCUT2D eigenvalue weighted by molar-refractivity contribution is -0.138. The maximum atomic E-state index is 13.3. The first kappa shape index (κ1) is 24.9. The van der Waals surface area contributed by atoms with E-state index in [-0.39, 0.29) is 18.5 Å². The van der Waals surface area contributed by atoms with Crippen LogP contribution in [-0.4, -0.2) is 33.1 Å². The smallest absolute Gasteiger partial charge is 0.348 e. The second-order valence-corrected chi connectivity index (χ2v) is 8.57. The molecule has 3 N–H and O–H groups in total. The first-order chi connectivity index (χ1) is 15.6. The largest absolute Gasteiger partial charge is 0.416 e. The number of allylic oxidation sites excluding steroid dienone is 3. The Morgan fingerprint density at radius 3 is 2.61 bits per heavy atom. The molecule has 0 saturated carbocycles. The second kappa shape index (κ2) is 10.0. The first-order valence-corrected chi connectivity index (χ1v) is 11.1. The first-order valence-electron chi connectivity index (χ1n) is 10.7. The molecule has 1 amide bonds. The minimum absolute atomic E-state index is 0.00604. The lowest BCUT2D eigenvalue weighted by Gasteiger charge is -2.24. The van der Waals surface area contributed by atoms with Gasteiger partial charge < -0.3 is 11.1 Å². The number of hydrogen-bond donors (Lipinski definition) is 2. The van der Waals surface area contributed by atoms with E-state index in [0.717, 1.165) is 28.5 Å². The Balaban J connectivity index is 1.85. The average Bonchev–Trinajstić information content (AvgIpc) is 3.10. The van der Waals surface area contributed by atoms with E-state index in [0.29, 0.717) is 23.3 Å². The third kappa shape index (κ3) is 5.42. The van der Waals surface area contributed by atoms with Gasteiger partial charge in [-0.1, -0.05) is 37.3 Å². The van der Waals surface area contributed by atoms with Gasteiger partial charge in [0.1, 0.15) is 0 Å². The van der Waals surface area contributed by atoms with Gasteiger partial charge in [0.05, 0.1) is 23.0 Å². The quantitative estimate of drug-likeness (QED) is 0.585. The Bertz CT molecular complexity index is 1110. The molecule has 5 nitrogen and oxygen atoms in total. The summed E-state index contributed by atoms with van der Waals surface area (Å²) in [5.41, 5.74) is 9.53. The van der Waals surface area contributed by atoms with Gasteiger partial charge in [-0.05, 0) is 54.2 Å². The molecule has 0 aliphatic heterocycles. The van der Waals surface area contributed by atoms with Crippen molar-refractivity contribution in [1.29, 1.82) is 0 Å². The standard InChI is InChI=1S/C24H27F3N4OS/c1-4-15-10-19(21(33)11-18(15)22-14(2)13-29-31(22)3)23(32)30-17(12-28)9-16-7-5-6-8-20(16)24(25,26)27/h5-8,10,13,17H,4,9,11-12,28H2,1-3H3,(H,30,32)/t17-/m0/s1. The molecule has 9 heteroatoms. The van der Waals surface area contributed by atoms with Crippen molar-refractivity contribution in [3.63, 3.8) is 0 Å². The number of carbonyl (C=O) groups excluding carboxylic acids is 1. The van der Waals surface area contributed by atoms with Crippen LogP contribution < -0.4 is 11.1 Å². The number of nitrogens with two attached hydrogens (primary N) is 1. The zero-order chi connectivity index (χ0) is 24.3. The summed E-state index contributed by atoms with van der Waals surface area (Å²) in [4.78, 5) is 13.5. The highest BCUT2D eigenvalue weighted by atomic mass is 32.1. The highest BCUT2D eigenvalue weighted by molar-refractivity contribution is 7.81. The number of nitrogens with one attached hydrogen (secondary N) is 1. The predicted molar refractivity (Wildman–Crippen MR) is 127 cm³/mol. The molecule has 1 aromatic heterocycles. The lowest BCUT2D eigenvalue weighted by atomic mass is 9.87. The van der Waals surface area contributed by atoms with Crippen molar-refractivity contribution in [1.82, 2.24) is 15.1 Å². The van der Waals surface area contributed by atoms with E-state index in [2.05, 4.69) is 10.4 Å². The van der Waals surface area contributed by atoms with Gasteiger partial charge in [0.25, 0.3) is 5.91 Å². The van der Waals surface area contributed by atoms with Crippen molar-refractivity contribution in [2.75, 3.05) is 6.54 Å². The number of nitrogens with zero attached hydrogens (tertiary/aromatic N) is 2. The average molecular weight is 477 g/mol. The van der Waals surface area contributed by atoms with Crippen LogP contribution in [0.5, 0.6) is 0 Å². The summed E-state index contributed by atoms with van der Waals surface area (Å²) in [6.07, 6.45) is 0.165. The molecule has 3 rings (SSSR count). The normalized spacial score (nSPS) is 15.5. The fourth-order valence-corrected chi connectivity index (χ4v) is 4.43. The van der Waals surface area contributed by atoms with Crippen LogP contribution in [0.15, 0.2) is 47.7 Å². The van der Waals surface area contributed by atoms with E-state index >= 15 is 0 Å². The molecule has 1 aromatic carbocycles. The fraction of sp³-hybridized carbons (Fsp3) is 0.375. The summed E-state index contributed by atoms with van der Waals surface area (Å²) in [5, 5.41) is 7.08. The Labute approximate surface area is 196 Å². The molecule has 0 radical (unpaired) electrons. The summed E-state index contributed by atoms with van der Waals surface area (Å²) in [6.45, 7) is 3.97. The second-order valence-electron chi connectivity index (χ2n) is 8.08. The van der Waals surface area contributed by atoms with Crippen molar-refractivity contribution >= 4 is 28.6 Å². The Hall–Kier alpha value is -2.78. The van der Waals surface area contributed by atoms with Crippen molar-refractivity contribution in [3.05, 3.63) is 70.1 Å². The molecule has 0 spiro atoms. The van der Waals surface area contributed by atoms with Crippen LogP contribution in [0, 0.1) is 6.92 Å². The highest BCUT2D eigenvalue weighted by Gasteiger charge is 2.33. The number of alkyl halides is 3. The van der Waals surface area contributed by atoms with Crippen molar-refractivity contribution in [2.45, 2.75) is 45.3 Å².